The van der Waals surface area contributed by atoms with E-state index in [1.165, 1.54) is 5.56 Å². The first-order valence-corrected chi connectivity index (χ1v) is 5.72. The number of hydrogen-bond donors (Lipinski definition) is 0. The molecule has 0 amide bonds. The van der Waals surface area contributed by atoms with Crippen LogP contribution in [-0.2, 0) is 6.42 Å². The second-order valence-corrected chi connectivity index (χ2v) is 4.93. The van der Waals surface area contributed by atoms with Gasteiger partial charge in [0, 0.05) is 11.0 Å². The second-order valence-electron chi connectivity index (χ2n) is 4.93. The number of aryl methyl sites for hydroxylation is 1. The maximum atomic E-state index is 12.3. The zero-order valence-electron chi connectivity index (χ0n) is 9.76. The van der Waals surface area contributed by atoms with Crippen LogP contribution in [0.2, 0.25) is 0 Å². The number of carbonyl (C=O) groups is 1. The summed E-state index contributed by atoms with van der Waals surface area (Å²) in [6.45, 7) is 6.29. The molecule has 0 aliphatic heterocycles. The van der Waals surface area contributed by atoms with Gasteiger partial charge < -0.3 is 0 Å². The van der Waals surface area contributed by atoms with Gasteiger partial charge in [-0.1, -0.05) is 38.5 Å². The summed E-state index contributed by atoms with van der Waals surface area (Å²) >= 11 is 0. The highest BCUT2D eigenvalue weighted by atomic mass is 16.1. The van der Waals surface area contributed by atoms with Gasteiger partial charge in [0.2, 0.25) is 0 Å². The Morgan fingerprint density at radius 1 is 1.40 bits per heavy atom. The zero-order valence-corrected chi connectivity index (χ0v) is 9.76. The molecule has 0 saturated heterocycles. The van der Waals surface area contributed by atoms with Gasteiger partial charge in [0.05, 0.1) is 0 Å². The van der Waals surface area contributed by atoms with Gasteiger partial charge in [0.25, 0.3) is 0 Å². The van der Waals surface area contributed by atoms with Crippen molar-refractivity contribution in [2.45, 2.75) is 40.0 Å². The van der Waals surface area contributed by atoms with E-state index in [2.05, 4.69) is 26.0 Å². The van der Waals surface area contributed by atoms with Gasteiger partial charge in [-0.05, 0) is 30.9 Å². The van der Waals surface area contributed by atoms with Crippen LogP contribution in [0.15, 0.2) is 18.2 Å². The van der Waals surface area contributed by atoms with Crippen molar-refractivity contribution in [2.24, 2.45) is 5.41 Å². The summed E-state index contributed by atoms with van der Waals surface area (Å²) in [5.41, 5.74) is 3.24. The molecule has 1 atom stereocenters. The summed E-state index contributed by atoms with van der Waals surface area (Å²) in [6, 6.07) is 6.19. The highest BCUT2D eigenvalue weighted by Gasteiger charge is 2.41. The molecule has 0 spiro atoms. The Morgan fingerprint density at radius 2 is 2.13 bits per heavy atom. The first-order chi connectivity index (χ1) is 7.08. The average molecular weight is 202 g/mol. The molecule has 0 heterocycles. The van der Waals surface area contributed by atoms with E-state index in [9.17, 15) is 4.79 Å². The smallest absolute Gasteiger partial charge is 0.169 e. The molecule has 1 aromatic carbocycles. The Hall–Kier alpha value is -1.11. The quantitative estimate of drug-likeness (QED) is 0.717. The van der Waals surface area contributed by atoms with Gasteiger partial charge >= 0.3 is 0 Å². The second kappa shape index (κ2) is 3.48. The topological polar surface area (TPSA) is 17.1 Å². The molecule has 0 aromatic heterocycles. The molecule has 0 fully saturated rings. The molecule has 1 heteroatoms. The number of Topliss-reactive ketones (excluding diaryl/α,β-unsaturated/α-hetero) is 1. The standard InChI is InChI=1S/C14H18O/c1-4-8-14(3)9-11-7-5-6-10(2)12(11)13(14)15/h5-7H,4,8-9H2,1-3H3. The average Bonchev–Trinajstić information content (AvgIpc) is 2.41. The predicted octanol–water partition coefficient (Wildman–Crippen LogP) is 3.54. The summed E-state index contributed by atoms with van der Waals surface area (Å²) in [4.78, 5) is 12.3. The molecule has 80 valence electrons. The number of ketones is 1. The van der Waals surface area contributed by atoms with E-state index in [1.807, 2.05) is 13.0 Å². The Kier molecular flexibility index (Phi) is 2.41. The number of rotatable bonds is 2. The van der Waals surface area contributed by atoms with E-state index in [-0.39, 0.29) is 5.41 Å². The molecule has 0 bridgehead atoms. The van der Waals surface area contributed by atoms with Crippen molar-refractivity contribution in [3.63, 3.8) is 0 Å². The number of hydrogen-bond acceptors (Lipinski definition) is 1. The number of carbonyl (C=O) groups excluding carboxylic acids is 1. The Balaban J connectivity index is 2.46. The Morgan fingerprint density at radius 3 is 2.73 bits per heavy atom. The van der Waals surface area contributed by atoms with Gasteiger partial charge in [-0.25, -0.2) is 0 Å². The van der Waals surface area contributed by atoms with Gasteiger partial charge in [0.1, 0.15) is 0 Å². The minimum Gasteiger partial charge on any atom is -0.294 e. The fourth-order valence-electron chi connectivity index (χ4n) is 2.76. The van der Waals surface area contributed by atoms with Crippen molar-refractivity contribution in [1.29, 1.82) is 0 Å². The summed E-state index contributed by atoms with van der Waals surface area (Å²) in [6.07, 6.45) is 3.01. The SMILES string of the molecule is CCCC1(C)Cc2cccc(C)c2C1=O. The van der Waals surface area contributed by atoms with Gasteiger partial charge in [0.15, 0.2) is 5.78 Å². The summed E-state index contributed by atoms with van der Waals surface area (Å²) < 4.78 is 0. The van der Waals surface area contributed by atoms with Crippen LogP contribution in [0.4, 0.5) is 0 Å². The predicted molar refractivity (Wildman–Crippen MR) is 62.2 cm³/mol. The molecule has 2 rings (SSSR count). The molecule has 15 heavy (non-hydrogen) atoms. The largest absolute Gasteiger partial charge is 0.294 e. The lowest BCUT2D eigenvalue weighted by Gasteiger charge is -2.20. The minimum absolute atomic E-state index is 0.136. The van der Waals surface area contributed by atoms with Crippen LogP contribution in [-0.4, -0.2) is 5.78 Å². The lowest BCUT2D eigenvalue weighted by molar-refractivity contribution is 0.0828. The van der Waals surface area contributed by atoms with Gasteiger partial charge in [-0.2, -0.15) is 0 Å². The van der Waals surface area contributed by atoms with Gasteiger partial charge in [-0.3, -0.25) is 4.79 Å². The number of fused-ring (bicyclic) bond motifs is 1. The molecule has 0 N–H and O–H groups in total. The molecule has 1 aliphatic carbocycles. The fourth-order valence-corrected chi connectivity index (χ4v) is 2.76. The van der Waals surface area contributed by atoms with E-state index in [4.69, 9.17) is 0 Å². The van der Waals surface area contributed by atoms with Crippen LogP contribution in [0.25, 0.3) is 0 Å². The maximum Gasteiger partial charge on any atom is 0.169 e. The Bertz CT molecular complexity index is 406. The molecular weight excluding hydrogens is 184 g/mol. The Labute approximate surface area is 91.5 Å². The van der Waals surface area contributed by atoms with Crippen molar-refractivity contribution >= 4 is 5.78 Å². The summed E-state index contributed by atoms with van der Waals surface area (Å²) in [5, 5.41) is 0. The van der Waals surface area contributed by atoms with Crippen LogP contribution in [0.5, 0.6) is 0 Å². The normalized spacial score (nSPS) is 24.3. The van der Waals surface area contributed by atoms with E-state index in [0.717, 1.165) is 30.4 Å². The molecule has 0 saturated carbocycles. The third-order valence-corrected chi connectivity index (χ3v) is 3.52. The molecular formula is C14H18O. The first-order valence-electron chi connectivity index (χ1n) is 5.72. The van der Waals surface area contributed by atoms with E-state index < -0.39 is 0 Å². The lowest BCUT2D eigenvalue weighted by Crippen LogP contribution is -2.23. The van der Waals surface area contributed by atoms with Crippen LogP contribution in [0.1, 0.15) is 48.2 Å². The van der Waals surface area contributed by atoms with E-state index in [0.29, 0.717) is 5.78 Å². The zero-order chi connectivity index (χ0) is 11.1. The molecule has 1 unspecified atom stereocenters. The third kappa shape index (κ3) is 1.50. The first kappa shape index (κ1) is 10.4. The van der Waals surface area contributed by atoms with E-state index in [1.54, 1.807) is 0 Å². The summed E-state index contributed by atoms with van der Waals surface area (Å²) in [5.74, 6) is 0.359. The van der Waals surface area contributed by atoms with Crippen LogP contribution >= 0.6 is 0 Å². The highest BCUT2D eigenvalue weighted by molar-refractivity contribution is 6.05. The molecule has 0 radical (unpaired) electrons. The minimum atomic E-state index is -0.136. The van der Waals surface area contributed by atoms with Crippen LogP contribution in [0.3, 0.4) is 0 Å². The summed E-state index contributed by atoms with van der Waals surface area (Å²) in [7, 11) is 0. The molecule has 1 nitrogen and oxygen atoms in total. The van der Waals surface area contributed by atoms with Gasteiger partial charge in [-0.15, -0.1) is 0 Å². The molecule has 1 aromatic rings. The van der Waals surface area contributed by atoms with Crippen molar-refractivity contribution < 1.29 is 4.79 Å². The molecule has 1 aliphatic rings. The maximum absolute atomic E-state index is 12.3. The highest BCUT2D eigenvalue weighted by Crippen LogP contribution is 2.41. The van der Waals surface area contributed by atoms with Crippen molar-refractivity contribution in [3.8, 4) is 0 Å². The van der Waals surface area contributed by atoms with Crippen molar-refractivity contribution in [1.82, 2.24) is 0 Å². The van der Waals surface area contributed by atoms with Crippen LogP contribution < -0.4 is 0 Å². The van der Waals surface area contributed by atoms with Crippen molar-refractivity contribution in [2.75, 3.05) is 0 Å². The van der Waals surface area contributed by atoms with Crippen molar-refractivity contribution in [3.05, 3.63) is 34.9 Å². The third-order valence-electron chi connectivity index (χ3n) is 3.52. The monoisotopic (exact) mass is 202 g/mol. The van der Waals surface area contributed by atoms with E-state index >= 15 is 0 Å². The van der Waals surface area contributed by atoms with Crippen LogP contribution in [0, 0.1) is 12.3 Å². The fraction of sp³-hybridized carbons (Fsp3) is 0.500. The number of benzene rings is 1. The lowest BCUT2D eigenvalue weighted by atomic mass is 9.81.